The molecule has 1 aromatic carbocycles. The number of hydrogen-bond acceptors (Lipinski definition) is 3. The zero-order valence-corrected chi connectivity index (χ0v) is 17.3. The van der Waals surface area contributed by atoms with Gasteiger partial charge in [-0.1, -0.05) is 43.2 Å². The molecule has 1 amide bonds. The number of carbonyl (C=O) groups is 1. The summed E-state index contributed by atoms with van der Waals surface area (Å²) in [6.45, 7) is 6.61. The highest BCUT2D eigenvalue weighted by atomic mass is 16.1. The van der Waals surface area contributed by atoms with Gasteiger partial charge < -0.3 is 10.2 Å². The maximum Gasteiger partial charge on any atom is 0.224 e. The number of likely N-dealkylation sites (tertiary alicyclic amines) is 2. The quantitative estimate of drug-likeness (QED) is 0.814. The first kappa shape index (κ1) is 19.9. The van der Waals surface area contributed by atoms with Crippen molar-refractivity contribution < 1.29 is 4.79 Å². The van der Waals surface area contributed by atoms with Gasteiger partial charge in [0.25, 0.3) is 0 Å². The molecule has 4 heteroatoms. The Morgan fingerprint density at radius 3 is 2.43 bits per heavy atom. The van der Waals surface area contributed by atoms with E-state index in [-0.39, 0.29) is 11.8 Å². The summed E-state index contributed by atoms with van der Waals surface area (Å²) in [6, 6.07) is 10.9. The van der Waals surface area contributed by atoms with Crippen molar-refractivity contribution in [3.63, 3.8) is 0 Å². The maximum absolute atomic E-state index is 12.7. The van der Waals surface area contributed by atoms with Gasteiger partial charge >= 0.3 is 0 Å². The SMILES string of the molecule is O=C(NCc1ccccc1)[C@@H]1CCCN(C2CCN(CC3CCCC3)CC2)C1. The minimum absolute atomic E-state index is 0.161. The maximum atomic E-state index is 12.7. The zero-order chi connectivity index (χ0) is 19.2. The number of piperidine rings is 2. The van der Waals surface area contributed by atoms with Gasteiger partial charge in [0.1, 0.15) is 0 Å². The van der Waals surface area contributed by atoms with Crippen molar-refractivity contribution in [1.82, 2.24) is 15.1 Å². The summed E-state index contributed by atoms with van der Waals surface area (Å²) < 4.78 is 0. The summed E-state index contributed by atoms with van der Waals surface area (Å²) in [4.78, 5) is 18.0. The topological polar surface area (TPSA) is 35.6 Å². The van der Waals surface area contributed by atoms with Crippen molar-refractivity contribution in [3.8, 4) is 0 Å². The third-order valence-electron chi connectivity index (χ3n) is 7.20. The van der Waals surface area contributed by atoms with Gasteiger partial charge in [-0.2, -0.15) is 0 Å². The summed E-state index contributed by atoms with van der Waals surface area (Å²) in [5, 5.41) is 3.17. The van der Waals surface area contributed by atoms with Gasteiger partial charge in [-0.15, -0.1) is 0 Å². The highest BCUT2D eigenvalue weighted by Crippen LogP contribution is 2.28. The summed E-state index contributed by atoms with van der Waals surface area (Å²) in [6.07, 6.45) is 10.6. The van der Waals surface area contributed by atoms with Crippen molar-refractivity contribution in [2.24, 2.45) is 11.8 Å². The van der Waals surface area contributed by atoms with Crippen molar-refractivity contribution in [2.75, 3.05) is 32.7 Å². The lowest BCUT2D eigenvalue weighted by Gasteiger charge is -2.42. The first-order chi connectivity index (χ1) is 13.8. The molecule has 28 heavy (non-hydrogen) atoms. The van der Waals surface area contributed by atoms with E-state index in [1.807, 2.05) is 18.2 Å². The second-order valence-corrected chi connectivity index (χ2v) is 9.22. The summed E-state index contributed by atoms with van der Waals surface area (Å²) in [7, 11) is 0. The van der Waals surface area contributed by atoms with Crippen molar-refractivity contribution >= 4 is 5.91 Å². The third kappa shape index (κ3) is 5.36. The standard InChI is InChI=1S/C24H37N3O/c28-24(25-17-20-7-2-1-3-8-20)22-11-6-14-27(19-22)23-12-15-26(16-13-23)18-21-9-4-5-10-21/h1-3,7-8,21-23H,4-6,9-19H2,(H,25,28)/t22-/m1/s1. The Balaban J connectivity index is 1.21. The molecule has 0 bridgehead atoms. The summed E-state index contributed by atoms with van der Waals surface area (Å²) in [5.41, 5.74) is 1.18. The Bertz CT molecular complexity index is 606. The van der Waals surface area contributed by atoms with Crippen LogP contribution in [0, 0.1) is 11.8 Å². The average molecular weight is 384 g/mol. The zero-order valence-electron chi connectivity index (χ0n) is 17.3. The van der Waals surface area contributed by atoms with Gasteiger partial charge in [0.05, 0.1) is 5.92 Å². The molecule has 0 radical (unpaired) electrons. The van der Waals surface area contributed by atoms with E-state index in [2.05, 4.69) is 27.2 Å². The number of nitrogens with one attached hydrogen (secondary N) is 1. The Hall–Kier alpha value is -1.39. The van der Waals surface area contributed by atoms with E-state index in [1.165, 1.54) is 70.3 Å². The highest BCUT2D eigenvalue weighted by Gasteiger charge is 2.32. The lowest BCUT2D eigenvalue weighted by atomic mass is 9.93. The Morgan fingerprint density at radius 1 is 0.929 bits per heavy atom. The first-order valence-electron chi connectivity index (χ1n) is 11.6. The summed E-state index contributed by atoms with van der Waals surface area (Å²) in [5.74, 6) is 1.37. The van der Waals surface area contributed by atoms with Gasteiger partial charge in [-0.05, 0) is 69.6 Å². The second kappa shape index (κ2) is 9.89. The second-order valence-electron chi connectivity index (χ2n) is 9.22. The molecule has 1 aliphatic carbocycles. The van der Waals surface area contributed by atoms with Crippen LogP contribution in [0.1, 0.15) is 56.9 Å². The molecule has 4 rings (SSSR count). The number of amides is 1. The largest absolute Gasteiger partial charge is 0.352 e. The van der Waals surface area contributed by atoms with Crippen molar-refractivity contribution in [1.29, 1.82) is 0 Å². The lowest BCUT2D eigenvalue weighted by molar-refractivity contribution is -0.127. The molecule has 2 heterocycles. The number of benzene rings is 1. The van der Waals surface area contributed by atoms with Gasteiger partial charge in [-0.3, -0.25) is 9.69 Å². The molecule has 3 aliphatic rings. The fraction of sp³-hybridized carbons (Fsp3) is 0.708. The van der Waals surface area contributed by atoms with E-state index >= 15 is 0 Å². The Morgan fingerprint density at radius 2 is 1.68 bits per heavy atom. The molecular weight excluding hydrogens is 346 g/mol. The Labute approximate surface area is 170 Å². The normalized spacial score (nSPS) is 25.8. The van der Waals surface area contributed by atoms with Gasteiger partial charge in [0.2, 0.25) is 5.91 Å². The molecule has 1 aromatic rings. The van der Waals surface area contributed by atoms with Gasteiger partial charge in [-0.25, -0.2) is 0 Å². The van der Waals surface area contributed by atoms with Crippen LogP contribution in [0.25, 0.3) is 0 Å². The van der Waals surface area contributed by atoms with Crippen LogP contribution in [0.3, 0.4) is 0 Å². The minimum atomic E-state index is 0.161. The summed E-state index contributed by atoms with van der Waals surface area (Å²) >= 11 is 0. The molecular formula is C24H37N3O. The molecule has 4 nitrogen and oxygen atoms in total. The fourth-order valence-electron chi connectivity index (χ4n) is 5.51. The minimum Gasteiger partial charge on any atom is -0.352 e. The average Bonchev–Trinajstić information content (AvgIpc) is 3.26. The number of nitrogens with zero attached hydrogens (tertiary/aromatic N) is 2. The highest BCUT2D eigenvalue weighted by molar-refractivity contribution is 5.78. The molecule has 0 spiro atoms. The number of rotatable bonds is 6. The molecule has 0 aromatic heterocycles. The molecule has 0 unspecified atom stereocenters. The van der Waals surface area contributed by atoms with E-state index in [0.717, 1.165) is 25.3 Å². The molecule has 1 N–H and O–H groups in total. The molecule has 2 aliphatic heterocycles. The van der Waals surface area contributed by atoms with E-state index in [0.29, 0.717) is 12.6 Å². The van der Waals surface area contributed by atoms with E-state index < -0.39 is 0 Å². The van der Waals surface area contributed by atoms with Crippen LogP contribution in [0.15, 0.2) is 30.3 Å². The van der Waals surface area contributed by atoms with Crippen molar-refractivity contribution in [2.45, 2.75) is 64.0 Å². The van der Waals surface area contributed by atoms with Gasteiger partial charge in [0.15, 0.2) is 0 Å². The Kier molecular flexibility index (Phi) is 7.03. The van der Waals surface area contributed by atoms with Crippen LogP contribution in [-0.4, -0.2) is 54.5 Å². The van der Waals surface area contributed by atoms with E-state index in [1.54, 1.807) is 0 Å². The van der Waals surface area contributed by atoms with Crippen LogP contribution in [0.5, 0.6) is 0 Å². The van der Waals surface area contributed by atoms with E-state index in [4.69, 9.17) is 0 Å². The van der Waals surface area contributed by atoms with Crippen LogP contribution in [-0.2, 0) is 11.3 Å². The van der Waals surface area contributed by atoms with Gasteiger partial charge in [0, 0.05) is 25.7 Å². The van der Waals surface area contributed by atoms with Crippen LogP contribution in [0.2, 0.25) is 0 Å². The smallest absolute Gasteiger partial charge is 0.224 e. The third-order valence-corrected chi connectivity index (χ3v) is 7.20. The first-order valence-corrected chi connectivity index (χ1v) is 11.6. The monoisotopic (exact) mass is 383 g/mol. The molecule has 2 saturated heterocycles. The number of carbonyl (C=O) groups excluding carboxylic acids is 1. The lowest BCUT2D eigenvalue weighted by Crippen LogP contribution is -2.51. The van der Waals surface area contributed by atoms with Crippen LogP contribution >= 0.6 is 0 Å². The molecule has 1 saturated carbocycles. The molecule has 1 atom stereocenters. The molecule has 3 fully saturated rings. The molecule has 154 valence electrons. The predicted molar refractivity (Wildman–Crippen MR) is 114 cm³/mol. The fourth-order valence-corrected chi connectivity index (χ4v) is 5.51. The van der Waals surface area contributed by atoms with E-state index in [9.17, 15) is 4.79 Å². The van der Waals surface area contributed by atoms with Crippen molar-refractivity contribution in [3.05, 3.63) is 35.9 Å². The number of hydrogen-bond donors (Lipinski definition) is 1. The predicted octanol–water partition coefficient (Wildman–Crippen LogP) is 3.67. The van der Waals surface area contributed by atoms with Crippen LogP contribution in [0.4, 0.5) is 0 Å². The van der Waals surface area contributed by atoms with Crippen LogP contribution < -0.4 is 5.32 Å².